The average Bonchev–Trinajstić information content (AvgIpc) is 2.79. The number of hydrogen-bond donors (Lipinski definition) is 3. The van der Waals surface area contributed by atoms with Crippen molar-refractivity contribution in [2.75, 3.05) is 30.9 Å². The molecule has 0 spiro atoms. The van der Waals surface area contributed by atoms with Crippen LogP contribution in [-0.4, -0.2) is 46.5 Å². The summed E-state index contributed by atoms with van der Waals surface area (Å²) >= 11 is 12.7. The van der Waals surface area contributed by atoms with Gasteiger partial charge in [-0.25, -0.2) is 9.59 Å². The summed E-state index contributed by atoms with van der Waals surface area (Å²) in [4.78, 5) is 54.5. The summed E-state index contributed by atoms with van der Waals surface area (Å²) in [6.07, 6.45) is 1.93. The summed E-state index contributed by atoms with van der Waals surface area (Å²) in [7, 11) is 3.40. The van der Waals surface area contributed by atoms with E-state index in [1.165, 1.54) is 24.4 Å². The molecule has 2 heterocycles. The quantitative estimate of drug-likeness (QED) is 0.380. The van der Waals surface area contributed by atoms with Crippen LogP contribution in [0.3, 0.4) is 0 Å². The third-order valence-electron chi connectivity index (χ3n) is 4.57. The van der Waals surface area contributed by atoms with Gasteiger partial charge in [0.05, 0.1) is 22.3 Å². The number of hydrogen-bond acceptors (Lipinski definition) is 8. The molecular weight excluding hydrogens is 503 g/mol. The molecule has 0 aliphatic rings. The molecule has 186 valence electrons. The summed E-state index contributed by atoms with van der Waals surface area (Å²) in [6.45, 7) is 2.09. The molecule has 0 saturated carbocycles. The first-order chi connectivity index (χ1) is 16.6. The molecule has 14 heteroatoms. The standard InChI is InChI=1S/C21H22Cl2N6O6/c1-4-5-6-34-21(33)25-17-19(31)26-20(32)29(27-17)11-7-13(22)16(14(23)8-11)35-12-9-15(28(2)3)18(30)24-10-12/h7-10H,4-6H2,1-3H3,(H,24,30)(H,25,27,33)(H,26,31,32). The molecule has 0 fully saturated rings. The first kappa shape index (κ1) is 25.8. The zero-order valence-corrected chi connectivity index (χ0v) is 20.5. The summed E-state index contributed by atoms with van der Waals surface area (Å²) in [6, 6.07) is 4.17. The van der Waals surface area contributed by atoms with E-state index in [2.05, 4.69) is 20.4 Å². The van der Waals surface area contributed by atoms with Gasteiger partial charge in [-0.2, -0.15) is 4.68 Å². The minimum absolute atomic E-state index is 0.0125. The van der Waals surface area contributed by atoms with E-state index in [1.54, 1.807) is 19.0 Å². The van der Waals surface area contributed by atoms with Crippen molar-refractivity contribution in [3.8, 4) is 17.2 Å². The second-order valence-corrected chi connectivity index (χ2v) is 8.23. The van der Waals surface area contributed by atoms with Crippen molar-refractivity contribution in [1.82, 2.24) is 19.7 Å². The number of H-pyrrole nitrogens is 2. The zero-order valence-electron chi connectivity index (χ0n) is 19.0. The molecule has 12 nitrogen and oxygen atoms in total. The lowest BCUT2D eigenvalue weighted by atomic mass is 10.3. The van der Waals surface area contributed by atoms with Gasteiger partial charge in [-0.05, 0) is 18.6 Å². The monoisotopic (exact) mass is 524 g/mol. The maximum Gasteiger partial charge on any atom is 0.413 e. The van der Waals surface area contributed by atoms with E-state index in [9.17, 15) is 19.2 Å². The third-order valence-corrected chi connectivity index (χ3v) is 5.13. The number of carbonyl (C=O) groups is 1. The van der Waals surface area contributed by atoms with Gasteiger partial charge in [0.1, 0.15) is 11.4 Å². The number of unbranched alkanes of at least 4 members (excludes halogenated alkanes) is 1. The second kappa shape index (κ2) is 11.1. The number of carbonyl (C=O) groups excluding carboxylic acids is 1. The molecule has 0 saturated heterocycles. The highest BCUT2D eigenvalue weighted by Crippen LogP contribution is 2.38. The number of halogens is 2. The number of pyridine rings is 1. The Morgan fingerprint density at radius 2 is 1.83 bits per heavy atom. The number of benzene rings is 1. The first-order valence-electron chi connectivity index (χ1n) is 10.4. The van der Waals surface area contributed by atoms with Crippen LogP contribution in [0.15, 0.2) is 38.8 Å². The first-order valence-corrected chi connectivity index (χ1v) is 11.1. The van der Waals surface area contributed by atoms with E-state index < -0.39 is 23.2 Å². The zero-order chi connectivity index (χ0) is 25.7. The fourth-order valence-corrected chi connectivity index (χ4v) is 3.38. The van der Waals surface area contributed by atoms with Gasteiger partial charge in [-0.3, -0.25) is 19.9 Å². The molecule has 3 N–H and O–H groups in total. The van der Waals surface area contributed by atoms with Crippen molar-refractivity contribution >= 4 is 40.8 Å². The van der Waals surface area contributed by atoms with Gasteiger partial charge < -0.3 is 19.4 Å². The Morgan fingerprint density at radius 3 is 2.46 bits per heavy atom. The Morgan fingerprint density at radius 1 is 1.14 bits per heavy atom. The molecule has 0 bridgehead atoms. The molecular formula is C21H22Cl2N6O6. The van der Waals surface area contributed by atoms with Gasteiger partial charge in [0.2, 0.25) is 5.82 Å². The lowest BCUT2D eigenvalue weighted by Gasteiger charge is -2.15. The Kier molecular flexibility index (Phi) is 8.20. The van der Waals surface area contributed by atoms with Gasteiger partial charge in [0, 0.05) is 26.4 Å². The van der Waals surface area contributed by atoms with Crippen molar-refractivity contribution in [3.05, 3.63) is 65.6 Å². The van der Waals surface area contributed by atoms with Gasteiger partial charge in [0.15, 0.2) is 5.75 Å². The lowest BCUT2D eigenvalue weighted by molar-refractivity contribution is 0.159. The maximum absolute atomic E-state index is 12.4. The predicted molar refractivity (Wildman–Crippen MR) is 132 cm³/mol. The van der Waals surface area contributed by atoms with E-state index >= 15 is 0 Å². The normalized spacial score (nSPS) is 10.7. The van der Waals surface area contributed by atoms with Crippen LogP contribution >= 0.6 is 23.2 Å². The highest BCUT2D eigenvalue weighted by atomic mass is 35.5. The molecule has 1 amide bonds. The number of aromatic nitrogens is 4. The van der Waals surface area contributed by atoms with E-state index in [1.807, 2.05) is 6.92 Å². The van der Waals surface area contributed by atoms with Crippen LogP contribution in [0.5, 0.6) is 11.5 Å². The van der Waals surface area contributed by atoms with Gasteiger partial charge in [-0.1, -0.05) is 36.5 Å². The Bertz CT molecular complexity index is 1390. The van der Waals surface area contributed by atoms with Gasteiger partial charge in [0.25, 0.3) is 11.1 Å². The van der Waals surface area contributed by atoms with Crippen molar-refractivity contribution in [3.63, 3.8) is 0 Å². The Balaban J connectivity index is 1.92. The third kappa shape index (κ3) is 6.22. The molecule has 0 aliphatic carbocycles. The number of aromatic amines is 2. The molecule has 0 radical (unpaired) electrons. The number of nitrogens with one attached hydrogen (secondary N) is 3. The highest BCUT2D eigenvalue weighted by molar-refractivity contribution is 6.37. The maximum atomic E-state index is 12.4. The number of nitrogens with zero attached hydrogens (tertiary/aromatic N) is 3. The summed E-state index contributed by atoms with van der Waals surface area (Å²) in [5, 5.41) is 6.12. The van der Waals surface area contributed by atoms with Crippen molar-refractivity contribution in [2.24, 2.45) is 0 Å². The SMILES string of the molecule is CCCCOC(=O)Nc1nn(-c2cc(Cl)c(Oc3c[nH]c(=O)c(N(C)C)c3)c(Cl)c2)c(=O)[nH]c1=O. The molecule has 2 aromatic heterocycles. The predicted octanol–water partition coefficient (Wildman–Crippen LogP) is 3.12. The van der Waals surface area contributed by atoms with E-state index in [-0.39, 0.29) is 39.4 Å². The van der Waals surface area contributed by atoms with E-state index in [0.29, 0.717) is 12.1 Å². The average molecular weight is 525 g/mol. The number of amides is 1. The topological polar surface area (TPSA) is 151 Å². The molecule has 0 aliphatic heterocycles. The van der Waals surface area contributed by atoms with Crippen molar-refractivity contribution in [2.45, 2.75) is 19.8 Å². The van der Waals surface area contributed by atoms with Crippen molar-refractivity contribution < 1.29 is 14.3 Å². The summed E-state index contributed by atoms with van der Waals surface area (Å²) in [5.74, 6) is -0.135. The van der Waals surface area contributed by atoms with Gasteiger partial charge >= 0.3 is 11.8 Å². The molecule has 35 heavy (non-hydrogen) atoms. The minimum Gasteiger partial charge on any atom is -0.453 e. The van der Waals surface area contributed by atoms with Crippen LogP contribution in [0.25, 0.3) is 5.69 Å². The molecule has 1 aromatic carbocycles. The number of rotatable bonds is 8. The smallest absolute Gasteiger partial charge is 0.413 e. The molecule has 0 atom stereocenters. The Labute approximate surface area is 208 Å². The Hall–Kier alpha value is -3.77. The van der Waals surface area contributed by atoms with Crippen molar-refractivity contribution in [1.29, 1.82) is 0 Å². The molecule has 0 unspecified atom stereocenters. The van der Waals surface area contributed by atoms with Crippen LogP contribution in [0.4, 0.5) is 16.3 Å². The van der Waals surface area contributed by atoms with Crippen LogP contribution in [-0.2, 0) is 4.74 Å². The summed E-state index contributed by atoms with van der Waals surface area (Å²) in [5.41, 5.74) is -1.67. The fraction of sp³-hybridized carbons (Fsp3) is 0.286. The summed E-state index contributed by atoms with van der Waals surface area (Å²) < 4.78 is 11.5. The fourth-order valence-electron chi connectivity index (χ4n) is 2.83. The molecule has 3 rings (SSSR count). The van der Waals surface area contributed by atoms with Crippen LogP contribution < -0.4 is 31.8 Å². The highest BCUT2D eigenvalue weighted by Gasteiger charge is 2.17. The van der Waals surface area contributed by atoms with Gasteiger partial charge in [-0.15, -0.1) is 5.10 Å². The lowest BCUT2D eigenvalue weighted by Crippen LogP contribution is -2.34. The van der Waals surface area contributed by atoms with Crippen LogP contribution in [0.1, 0.15) is 19.8 Å². The number of anilines is 2. The second-order valence-electron chi connectivity index (χ2n) is 7.42. The largest absolute Gasteiger partial charge is 0.453 e. The number of ether oxygens (including phenoxy) is 2. The van der Waals surface area contributed by atoms with E-state index in [0.717, 1.165) is 11.1 Å². The molecule has 3 aromatic rings. The van der Waals surface area contributed by atoms with Crippen LogP contribution in [0, 0.1) is 0 Å². The minimum atomic E-state index is -0.911. The van der Waals surface area contributed by atoms with Crippen LogP contribution in [0.2, 0.25) is 10.0 Å². The van der Waals surface area contributed by atoms with E-state index in [4.69, 9.17) is 32.7 Å².